The predicted octanol–water partition coefficient (Wildman–Crippen LogP) is 6.81. The van der Waals surface area contributed by atoms with Gasteiger partial charge in [0, 0.05) is 5.92 Å². The van der Waals surface area contributed by atoms with E-state index >= 15 is 0 Å². The zero-order valence-electron chi connectivity index (χ0n) is 16.3. The molecule has 126 valence electrons. The van der Waals surface area contributed by atoms with Crippen LogP contribution in [0.3, 0.4) is 0 Å². The quantitative estimate of drug-likeness (QED) is 0.353. The SMILES string of the molecule is CCCC[C@@H](C=C(C)C)[C@@H](O[Si](C)(C)C(C)(C)C)C(C)C. The minimum Gasteiger partial charge on any atom is -0.413 e. The standard InChI is InChI=1S/C19H40OSi/c1-11-12-13-17(14-15(2)3)18(16(4)5)20-21(9,10)19(6,7)8/h14,16-18H,11-13H2,1-10H3/t17-,18-/m0/s1. The highest BCUT2D eigenvalue weighted by Gasteiger charge is 2.41. The van der Waals surface area contributed by atoms with E-state index in [4.69, 9.17) is 4.43 Å². The van der Waals surface area contributed by atoms with Crippen LogP contribution < -0.4 is 0 Å². The molecule has 2 heteroatoms. The number of unbranched alkanes of at least 4 members (excludes halogenated alkanes) is 1. The van der Waals surface area contributed by atoms with Crippen molar-refractivity contribution < 1.29 is 4.43 Å². The molecule has 0 bridgehead atoms. The average molecular weight is 313 g/mol. The number of allylic oxidation sites excluding steroid dienone is 1. The van der Waals surface area contributed by atoms with Gasteiger partial charge in [0.25, 0.3) is 0 Å². The fourth-order valence-corrected chi connectivity index (χ4v) is 3.93. The Bertz CT molecular complexity index is 319. The summed E-state index contributed by atoms with van der Waals surface area (Å²) in [6.45, 7) is 23.1. The second-order valence-corrected chi connectivity index (χ2v) is 13.4. The summed E-state index contributed by atoms with van der Waals surface area (Å²) < 4.78 is 6.82. The van der Waals surface area contributed by atoms with Crippen molar-refractivity contribution in [3.8, 4) is 0 Å². The molecule has 0 saturated heterocycles. The molecule has 0 aliphatic rings. The highest BCUT2D eigenvalue weighted by Crippen LogP contribution is 2.40. The molecule has 2 atom stereocenters. The van der Waals surface area contributed by atoms with Gasteiger partial charge in [-0.25, -0.2) is 0 Å². The number of hydrogen-bond donors (Lipinski definition) is 0. The van der Waals surface area contributed by atoms with Gasteiger partial charge in [-0.2, -0.15) is 0 Å². The molecule has 0 aromatic heterocycles. The summed E-state index contributed by atoms with van der Waals surface area (Å²) in [5, 5.41) is 0.278. The third-order valence-corrected chi connectivity index (χ3v) is 9.23. The first-order valence-electron chi connectivity index (χ1n) is 8.75. The van der Waals surface area contributed by atoms with Gasteiger partial charge in [-0.05, 0) is 44.3 Å². The van der Waals surface area contributed by atoms with Crippen molar-refractivity contribution in [1.82, 2.24) is 0 Å². The highest BCUT2D eigenvalue weighted by molar-refractivity contribution is 6.74. The van der Waals surface area contributed by atoms with Crippen molar-refractivity contribution >= 4 is 8.32 Å². The van der Waals surface area contributed by atoms with E-state index in [-0.39, 0.29) is 5.04 Å². The van der Waals surface area contributed by atoms with Crippen LogP contribution in [0.25, 0.3) is 0 Å². The smallest absolute Gasteiger partial charge is 0.192 e. The van der Waals surface area contributed by atoms with Gasteiger partial charge in [0.2, 0.25) is 0 Å². The van der Waals surface area contributed by atoms with E-state index in [1.165, 1.54) is 24.8 Å². The average Bonchev–Trinajstić information content (AvgIpc) is 2.29. The Morgan fingerprint density at radius 3 is 2.00 bits per heavy atom. The monoisotopic (exact) mass is 312 g/mol. The van der Waals surface area contributed by atoms with Gasteiger partial charge in [-0.15, -0.1) is 0 Å². The molecule has 0 saturated carbocycles. The van der Waals surface area contributed by atoms with E-state index in [0.717, 1.165) is 0 Å². The zero-order valence-corrected chi connectivity index (χ0v) is 17.3. The third-order valence-electron chi connectivity index (χ3n) is 4.75. The second kappa shape index (κ2) is 8.52. The van der Waals surface area contributed by atoms with Crippen LogP contribution >= 0.6 is 0 Å². The molecular formula is C19H40OSi. The Kier molecular flexibility index (Phi) is 8.49. The Hall–Kier alpha value is -0.0831. The lowest BCUT2D eigenvalue weighted by Gasteiger charge is -2.42. The van der Waals surface area contributed by atoms with Crippen LogP contribution in [0.5, 0.6) is 0 Å². The molecule has 21 heavy (non-hydrogen) atoms. The van der Waals surface area contributed by atoms with Crippen LogP contribution in [0.2, 0.25) is 18.1 Å². The molecular weight excluding hydrogens is 272 g/mol. The molecule has 0 rings (SSSR count). The molecule has 0 fully saturated rings. The Labute approximate surface area is 135 Å². The van der Waals surface area contributed by atoms with Gasteiger partial charge in [0.15, 0.2) is 8.32 Å². The van der Waals surface area contributed by atoms with Crippen molar-refractivity contribution in [2.45, 2.75) is 98.9 Å². The fourth-order valence-electron chi connectivity index (χ4n) is 2.45. The van der Waals surface area contributed by atoms with Crippen molar-refractivity contribution in [1.29, 1.82) is 0 Å². The molecule has 0 radical (unpaired) electrons. The van der Waals surface area contributed by atoms with Crippen LogP contribution in [0.1, 0.15) is 74.7 Å². The zero-order chi connectivity index (χ0) is 16.8. The molecule has 0 spiro atoms. The molecule has 0 heterocycles. The summed E-state index contributed by atoms with van der Waals surface area (Å²) in [6, 6.07) is 0. The third kappa shape index (κ3) is 7.14. The van der Waals surface area contributed by atoms with Gasteiger partial charge in [-0.3, -0.25) is 0 Å². The Morgan fingerprint density at radius 1 is 1.14 bits per heavy atom. The Morgan fingerprint density at radius 2 is 1.67 bits per heavy atom. The van der Waals surface area contributed by atoms with Gasteiger partial charge in [0.05, 0.1) is 6.10 Å². The Balaban J connectivity index is 5.28. The van der Waals surface area contributed by atoms with E-state index in [0.29, 0.717) is 17.9 Å². The van der Waals surface area contributed by atoms with E-state index in [9.17, 15) is 0 Å². The topological polar surface area (TPSA) is 9.23 Å². The fraction of sp³-hybridized carbons (Fsp3) is 0.895. The second-order valence-electron chi connectivity index (χ2n) is 8.64. The molecule has 0 aliphatic heterocycles. The summed E-state index contributed by atoms with van der Waals surface area (Å²) in [5.41, 5.74) is 1.42. The van der Waals surface area contributed by atoms with E-state index in [1.54, 1.807) is 0 Å². The lowest BCUT2D eigenvalue weighted by molar-refractivity contribution is 0.0888. The van der Waals surface area contributed by atoms with E-state index < -0.39 is 8.32 Å². The molecule has 0 aromatic rings. The molecule has 0 amide bonds. The number of hydrogen-bond acceptors (Lipinski definition) is 1. The summed E-state index contributed by atoms with van der Waals surface area (Å²) in [6.07, 6.45) is 6.61. The minimum atomic E-state index is -1.71. The number of rotatable bonds is 8. The predicted molar refractivity (Wildman–Crippen MR) is 99.4 cm³/mol. The van der Waals surface area contributed by atoms with Crippen LogP contribution in [-0.2, 0) is 4.43 Å². The van der Waals surface area contributed by atoms with Crippen molar-refractivity contribution in [2.75, 3.05) is 0 Å². The maximum absolute atomic E-state index is 6.82. The summed E-state index contributed by atoms with van der Waals surface area (Å²) >= 11 is 0. The van der Waals surface area contributed by atoms with Crippen molar-refractivity contribution in [2.24, 2.45) is 11.8 Å². The van der Waals surface area contributed by atoms with Gasteiger partial charge < -0.3 is 4.43 Å². The molecule has 0 N–H and O–H groups in total. The van der Waals surface area contributed by atoms with Crippen molar-refractivity contribution in [3.63, 3.8) is 0 Å². The van der Waals surface area contributed by atoms with Gasteiger partial charge in [-0.1, -0.05) is 66.0 Å². The largest absolute Gasteiger partial charge is 0.413 e. The first-order valence-corrected chi connectivity index (χ1v) is 11.7. The van der Waals surface area contributed by atoms with E-state index in [2.05, 4.69) is 74.6 Å². The maximum atomic E-state index is 6.82. The first-order chi connectivity index (χ1) is 9.42. The summed E-state index contributed by atoms with van der Waals surface area (Å²) in [7, 11) is -1.71. The molecule has 0 aliphatic carbocycles. The van der Waals surface area contributed by atoms with Crippen molar-refractivity contribution in [3.05, 3.63) is 11.6 Å². The van der Waals surface area contributed by atoms with Gasteiger partial charge in [0.1, 0.15) is 0 Å². The van der Waals surface area contributed by atoms with Crippen LogP contribution in [0.15, 0.2) is 11.6 Å². The van der Waals surface area contributed by atoms with Crippen LogP contribution in [0, 0.1) is 11.8 Å². The lowest BCUT2D eigenvalue weighted by atomic mass is 9.88. The maximum Gasteiger partial charge on any atom is 0.192 e. The summed E-state index contributed by atoms with van der Waals surface area (Å²) in [4.78, 5) is 0. The van der Waals surface area contributed by atoms with Crippen LogP contribution in [-0.4, -0.2) is 14.4 Å². The summed E-state index contributed by atoms with van der Waals surface area (Å²) in [5.74, 6) is 1.13. The normalized spacial score (nSPS) is 16.0. The van der Waals surface area contributed by atoms with Gasteiger partial charge >= 0.3 is 0 Å². The van der Waals surface area contributed by atoms with E-state index in [1.807, 2.05) is 0 Å². The molecule has 0 unspecified atom stereocenters. The first kappa shape index (κ1) is 20.9. The molecule has 1 nitrogen and oxygen atoms in total. The lowest BCUT2D eigenvalue weighted by Crippen LogP contribution is -2.47. The minimum absolute atomic E-state index is 0.278. The van der Waals surface area contributed by atoms with Crippen LogP contribution in [0.4, 0.5) is 0 Å². The highest BCUT2D eigenvalue weighted by atomic mass is 28.4. The molecule has 0 aromatic carbocycles.